The van der Waals surface area contributed by atoms with Gasteiger partial charge in [-0.25, -0.2) is 9.18 Å². The zero-order valence-corrected chi connectivity index (χ0v) is 26.0. The van der Waals surface area contributed by atoms with E-state index in [4.69, 9.17) is 26.1 Å². The average Bonchev–Trinajstić information content (AvgIpc) is 3.32. The second-order valence-electron chi connectivity index (χ2n) is 12.7. The Hall–Kier alpha value is -3.51. The molecule has 4 fully saturated rings. The maximum absolute atomic E-state index is 16.7. The summed E-state index contributed by atoms with van der Waals surface area (Å²) in [4.78, 5) is 31.1. The summed E-state index contributed by atoms with van der Waals surface area (Å²) >= 11 is 6.67. The van der Waals surface area contributed by atoms with E-state index in [1.165, 1.54) is 12.1 Å². The van der Waals surface area contributed by atoms with Crippen LogP contribution in [0.3, 0.4) is 0 Å². The quantitative estimate of drug-likeness (QED) is 0.377. The minimum atomic E-state index is -0.607. The lowest BCUT2D eigenvalue weighted by molar-refractivity contribution is 0.108. The van der Waals surface area contributed by atoms with Crippen LogP contribution in [0.15, 0.2) is 18.3 Å². The summed E-state index contributed by atoms with van der Waals surface area (Å²) in [6.07, 6.45) is 7.73. The predicted octanol–water partition coefficient (Wildman–Crippen LogP) is 5.59. The van der Waals surface area contributed by atoms with Crippen molar-refractivity contribution in [2.24, 2.45) is 5.92 Å². The smallest absolute Gasteiger partial charge is 0.407 e. The number of rotatable bonds is 3. The highest BCUT2D eigenvalue weighted by molar-refractivity contribution is 6.32. The first-order valence-corrected chi connectivity index (χ1v) is 16.1. The van der Waals surface area contributed by atoms with Gasteiger partial charge in [-0.15, -0.1) is 0 Å². The Morgan fingerprint density at radius 1 is 1.18 bits per heavy atom. The first-order chi connectivity index (χ1) is 21.9. The molecular formula is C32H37ClF2N6O4. The number of fused-ring (bicyclic) bond motifs is 6. The molecular weight excluding hydrogens is 606 g/mol. The van der Waals surface area contributed by atoms with Gasteiger partial charge in [0, 0.05) is 29.9 Å². The van der Waals surface area contributed by atoms with E-state index in [1.807, 2.05) is 4.90 Å². The number of nitrogens with zero attached hydrogens (tertiary/aromatic N) is 5. The third kappa shape index (κ3) is 5.49. The first-order valence-electron chi connectivity index (χ1n) is 15.7. The van der Waals surface area contributed by atoms with Crippen LogP contribution in [0.1, 0.15) is 56.4 Å². The zero-order chi connectivity index (χ0) is 31.3. The van der Waals surface area contributed by atoms with Gasteiger partial charge in [0.15, 0.2) is 5.82 Å². The minimum Gasteiger partial charge on any atom is -0.508 e. The molecule has 0 spiro atoms. The standard InChI is InChI=1S/C31H34ClFN6O4.CH3F/c32-23-13-19(40)12-21-24(23)20-11-17(20)4-10-42-30(41)35-18-3-9-38(15-18)28-22-14-34-26(21)25(33)27(22)36-29(37-28)43-16-31-5-1-7-39(31)8-2-6-31;1-2/h12-14,17-18,20,40H,1-11,15-16H2,(H,35,41);1H3. The molecule has 3 saturated heterocycles. The van der Waals surface area contributed by atoms with E-state index in [0.29, 0.717) is 61.5 Å². The third-order valence-electron chi connectivity index (χ3n) is 10.1. The van der Waals surface area contributed by atoms with Gasteiger partial charge in [-0.05, 0) is 87.6 Å². The number of pyridine rings is 1. The molecule has 1 amide bonds. The van der Waals surface area contributed by atoms with Crippen molar-refractivity contribution in [1.82, 2.24) is 25.2 Å². The van der Waals surface area contributed by atoms with Crippen molar-refractivity contribution in [1.29, 1.82) is 0 Å². The molecule has 9 rings (SSSR count). The second-order valence-corrected chi connectivity index (χ2v) is 13.1. The van der Waals surface area contributed by atoms with Gasteiger partial charge >= 0.3 is 12.1 Å². The number of carbonyl (C=O) groups is 1. The topological polar surface area (TPSA) is 113 Å². The highest BCUT2D eigenvalue weighted by Crippen LogP contribution is 2.55. The van der Waals surface area contributed by atoms with E-state index in [9.17, 15) is 14.3 Å². The van der Waals surface area contributed by atoms with Crippen molar-refractivity contribution < 1.29 is 28.2 Å². The van der Waals surface area contributed by atoms with Crippen molar-refractivity contribution in [3.8, 4) is 23.0 Å². The van der Waals surface area contributed by atoms with Gasteiger partial charge in [-0.2, -0.15) is 9.97 Å². The van der Waals surface area contributed by atoms with Crippen LogP contribution < -0.4 is 15.0 Å². The number of phenolic OH excluding ortho intramolecular Hbond substituents is 1. The van der Waals surface area contributed by atoms with Crippen LogP contribution in [-0.4, -0.2) is 89.2 Å². The van der Waals surface area contributed by atoms with Gasteiger partial charge in [-0.3, -0.25) is 14.3 Å². The van der Waals surface area contributed by atoms with Crippen LogP contribution in [0.5, 0.6) is 11.8 Å². The molecule has 5 aliphatic heterocycles. The average molecular weight is 643 g/mol. The van der Waals surface area contributed by atoms with Crippen LogP contribution in [-0.2, 0) is 4.74 Å². The number of nitrogens with one attached hydrogen (secondary N) is 1. The molecule has 6 bridgehead atoms. The van der Waals surface area contributed by atoms with Crippen LogP contribution >= 0.6 is 11.6 Å². The van der Waals surface area contributed by atoms with Crippen LogP contribution in [0.4, 0.5) is 19.4 Å². The van der Waals surface area contributed by atoms with Gasteiger partial charge in [0.05, 0.1) is 30.8 Å². The van der Waals surface area contributed by atoms with Gasteiger partial charge in [-0.1, -0.05) is 11.6 Å². The molecule has 240 valence electrons. The minimum absolute atomic E-state index is 0.0241. The van der Waals surface area contributed by atoms with Gasteiger partial charge in [0.1, 0.15) is 29.4 Å². The van der Waals surface area contributed by atoms with Gasteiger partial charge < -0.3 is 24.8 Å². The Bertz CT molecular complexity index is 1620. The number of alkyl halides is 1. The summed E-state index contributed by atoms with van der Waals surface area (Å²) in [6, 6.07) is 2.98. The fourth-order valence-electron chi connectivity index (χ4n) is 7.85. The van der Waals surface area contributed by atoms with E-state index < -0.39 is 11.9 Å². The van der Waals surface area contributed by atoms with Crippen molar-refractivity contribution in [3.63, 3.8) is 0 Å². The van der Waals surface area contributed by atoms with E-state index >= 15 is 4.39 Å². The van der Waals surface area contributed by atoms with Crippen LogP contribution in [0.2, 0.25) is 5.02 Å². The summed E-state index contributed by atoms with van der Waals surface area (Å²) in [5.41, 5.74) is 1.34. The lowest BCUT2D eigenvalue weighted by Gasteiger charge is -2.31. The molecule has 13 heteroatoms. The number of aromatic nitrogens is 3. The second kappa shape index (κ2) is 12.0. The maximum Gasteiger partial charge on any atom is 0.407 e. The van der Waals surface area contributed by atoms with Crippen molar-refractivity contribution in [2.45, 2.75) is 62.4 Å². The Kier molecular flexibility index (Phi) is 8.05. The van der Waals surface area contributed by atoms with Crippen molar-refractivity contribution in [2.75, 3.05) is 51.5 Å². The van der Waals surface area contributed by atoms with E-state index in [2.05, 4.69) is 20.2 Å². The lowest BCUT2D eigenvalue weighted by Crippen LogP contribution is -2.43. The molecule has 1 saturated carbocycles. The van der Waals surface area contributed by atoms with Gasteiger partial charge in [0.25, 0.3) is 0 Å². The predicted molar refractivity (Wildman–Crippen MR) is 165 cm³/mol. The lowest BCUT2D eigenvalue weighted by atomic mass is 9.95. The molecule has 3 unspecified atom stereocenters. The molecule has 2 N–H and O–H groups in total. The molecule has 1 aliphatic carbocycles. The number of halogens is 3. The van der Waals surface area contributed by atoms with Gasteiger partial charge in [0.2, 0.25) is 0 Å². The molecule has 0 radical (unpaired) electrons. The van der Waals surface area contributed by atoms with Crippen molar-refractivity contribution >= 4 is 34.4 Å². The maximum atomic E-state index is 16.7. The molecule has 1 aromatic carbocycles. The third-order valence-corrected chi connectivity index (χ3v) is 10.4. The number of carbonyl (C=O) groups excluding carboxylic acids is 1. The number of phenols is 1. The number of anilines is 1. The number of benzene rings is 1. The summed E-state index contributed by atoms with van der Waals surface area (Å²) in [5, 5.41) is 14.3. The summed E-state index contributed by atoms with van der Waals surface area (Å²) in [5.74, 6) is 0.0895. The highest BCUT2D eigenvalue weighted by Gasteiger charge is 2.45. The number of hydrogen-bond donors (Lipinski definition) is 2. The van der Waals surface area contributed by atoms with Crippen LogP contribution in [0.25, 0.3) is 22.2 Å². The fourth-order valence-corrected chi connectivity index (χ4v) is 8.21. The van der Waals surface area contributed by atoms with E-state index in [1.54, 1.807) is 6.20 Å². The Morgan fingerprint density at radius 3 is 2.78 bits per heavy atom. The number of amides is 1. The monoisotopic (exact) mass is 642 g/mol. The Balaban J connectivity index is 0.00000160. The molecule has 6 aliphatic rings. The first kappa shape index (κ1) is 30.2. The fraction of sp³-hybridized carbons (Fsp3) is 0.562. The largest absolute Gasteiger partial charge is 0.508 e. The summed E-state index contributed by atoms with van der Waals surface area (Å²) < 4.78 is 38.0. The molecule has 10 nitrogen and oxygen atoms in total. The molecule has 3 aromatic rings. The zero-order valence-electron chi connectivity index (χ0n) is 25.2. The number of hydrogen-bond acceptors (Lipinski definition) is 9. The Labute approximate surface area is 265 Å². The SMILES string of the molecule is CF.O=C1NC2CCN(C2)c2nc(OCC34CCCN3CCC4)nc3c(F)c(ncc23)-c2cc(O)cc(Cl)c2C2CC2CCO1. The normalized spacial score (nSPS) is 25.1. The van der Waals surface area contributed by atoms with Crippen molar-refractivity contribution in [3.05, 3.63) is 34.7 Å². The summed E-state index contributed by atoms with van der Waals surface area (Å²) in [7, 11) is 0.500. The van der Waals surface area contributed by atoms with E-state index in [0.717, 1.165) is 50.8 Å². The Morgan fingerprint density at radius 2 is 1.98 bits per heavy atom. The summed E-state index contributed by atoms with van der Waals surface area (Å²) in [6.45, 7) is 3.95. The molecule has 2 aromatic heterocycles. The highest BCUT2D eigenvalue weighted by atomic mass is 35.5. The number of alkyl carbamates (subject to hydrolysis) is 1. The number of ether oxygens (including phenoxy) is 2. The molecule has 7 heterocycles. The molecule has 3 atom stereocenters. The van der Waals surface area contributed by atoms with Crippen LogP contribution in [0, 0.1) is 11.7 Å². The van der Waals surface area contributed by atoms with E-state index in [-0.39, 0.29) is 53.0 Å². The molecule has 45 heavy (non-hydrogen) atoms. The number of aromatic hydroxyl groups is 1.